The Labute approximate surface area is 291 Å². The van der Waals surface area contributed by atoms with Gasteiger partial charge in [0, 0.05) is 81.3 Å². The maximum Gasteiger partial charge on any atom is 0.439 e. The molecule has 1 fully saturated rings. The van der Waals surface area contributed by atoms with Gasteiger partial charge in [-0.25, -0.2) is 9.78 Å². The quantitative estimate of drug-likeness (QED) is 0.221. The standard InChI is InChI=1S/C34H32N4O4.K/c1-2-3-8-29-28(33(39)38(32(35-29)23-13-14-23)25-15-16-30-24(20-25)17-18-41-30)19-21-9-11-22(12-10-21)26-6-4-5-7-27(26)31-36-34(40)42-37-31;/h4-7,9-12,15-16,20,23H,2-3,8,13-14,17-19H2,1H3,(H,36,37,40);. The first kappa shape index (κ1) is 30.0. The minimum atomic E-state index is -0.589. The van der Waals surface area contributed by atoms with E-state index >= 15 is 0 Å². The van der Waals surface area contributed by atoms with Crippen LogP contribution in [-0.2, 0) is 19.3 Å². The van der Waals surface area contributed by atoms with Gasteiger partial charge in [-0.1, -0.05) is 67.0 Å². The van der Waals surface area contributed by atoms with Gasteiger partial charge in [0.25, 0.3) is 5.56 Å². The first-order valence-corrected chi connectivity index (χ1v) is 14.7. The van der Waals surface area contributed by atoms with Crippen molar-refractivity contribution >= 4 is 51.4 Å². The van der Waals surface area contributed by atoms with Crippen molar-refractivity contribution in [3.63, 3.8) is 0 Å². The molecule has 1 aliphatic carbocycles. The van der Waals surface area contributed by atoms with Crippen LogP contribution in [0, 0.1) is 0 Å². The van der Waals surface area contributed by atoms with Gasteiger partial charge in [0.05, 0.1) is 18.0 Å². The molecule has 1 aliphatic heterocycles. The fourth-order valence-corrected chi connectivity index (χ4v) is 5.82. The summed E-state index contributed by atoms with van der Waals surface area (Å²) in [6.07, 6.45) is 6.32. The number of hydrogen-bond acceptors (Lipinski definition) is 6. The molecular weight excluding hydrogens is 567 g/mol. The Hall–Kier alpha value is -3.08. The van der Waals surface area contributed by atoms with E-state index in [0.717, 1.165) is 94.9 Å². The van der Waals surface area contributed by atoms with E-state index in [1.165, 1.54) is 0 Å². The van der Waals surface area contributed by atoms with E-state index in [-0.39, 0.29) is 56.9 Å². The van der Waals surface area contributed by atoms with Gasteiger partial charge in [-0.2, -0.15) is 0 Å². The molecular formula is C34H32KN4O4. The molecule has 5 aromatic rings. The summed E-state index contributed by atoms with van der Waals surface area (Å²) >= 11 is 0. The largest absolute Gasteiger partial charge is 0.493 e. The first-order valence-electron chi connectivity index (χ1n) is 14.7. The number of hydrogen-bond donors (Lipinski definition) is 1. The van der Waals surface area contributed by atoms with Gasteiger partial charge < -0.3 is 4.74 Å². The number of nitrogens with one attached hydrogen (secondary N) is 1. The van der Waals surface area contributed by atoms with Crippen molar-refractivity contribution in [1.29, 1.82) is 0 Å². The Morgan fingerprint density at radius 3 is 2.51 bits per heavy atom. The van der Waals surface area contributed by atoms with Crippen molar-refractivity contribution in [2.75, 3.05) is 6.61 Å². The molecule has 1 radical (unpaired) electrons. The molecule has 3 aromatic carbocycles. The van der Waals surface area contributed by atoms with E-state index in [0.29, 0.717) is 24.8 Å². The van der Waals surface area contributed by atoms with Crippen LogP contribution in [0.15, 0.2) is 80.8 Å². The molecule has 7 rings (SSSR count). The van der Waals surface area contributed by atoms with E-state index in [9.17, 15) is 9.59 Å². The molecule has 0 spiro atoms. The van der Waals surface area contributed by atoms with Gasteiger partial charge in [0.15, 0.2) is 5.82 Å². The Kier molecular flexibility index (Phi) is 8.97. The number of fused-ring (bicyclic) bond motifs is 1. The fourth-order valence-electron chi connectivity index (χ4n) is 5.82. The Morgan fingerprint density at radius 2 is 1.79 bits per heavy atom. The van der Waals surface area contributed by atoms with Crippen molar-refractivity contribution < 1.29 is 9.26 Å². The molecule has 2 aliphatic rings. The molecule has 0 atom stereocenters. The van der Waals surface area contributed by atoms with Gasteiger partial charge in [-0.15, -0.1) is 0 Å². The van der Waals surface area contributed by atoms with Crippen LogP contribution in [0.5, 0.6) is 5.75 Å². The third-order valence-electron chi connectivity index (χ3n) is 8.20. The molecule has 8 nitrogen and oxygen atoms in total. The number of rotatable bonds is 9. The molecule has 3 heterocycles. The number of benzene rings is 3. The minimum Gasteiger partial charge on any atom is -0.493 e. The normalized spacial score (nSPS) is 13.8. The van der Waals surface area contributed by atoms with Crippen molar-refractivity contribution in [3.05, 3.63) is 116 Å². The molecule has 2 aromatic heterocycles. The number of nitrogens with zero attached hydrogens (tertiary/aromatic N) is 3. The average Bonchev–Trinajstić information content (AvgIpc) is 3.60. The van der Waals surface area contributed by atoms with Crippen molar-refractivity contribution in [2.45, 2.75) is 57.8 Å². The van der Waals surface area contributed by atoms with E-state index < -0.39 is 5.76 Å². The second kappa shape index (κ2) is 12.9. The van der Waals surface area contributed by atoms with Crippen LogP contribution in [0.3, 0.4) is 0 Å². The van der Waals surface area contributed by atoms with E-state index in [1.54, 1.807) is 0 Å². The zero-order valence-corrected chi connectivity index (χ0v) is 27.7. The third-order valence-corrected chi connectivity index (χ3v) is 8.20. The van der Waals surface area contributed by atoms with Crippen molar-refractivity contribution in [3.8, 4) is 34.0 Å². The van der Waals surface area contributed by atoms with Crippen molar-refractivity contribution in [2.24, 2.45) is 0 Å². The summed E-state index contributed by atoms with van der Waals surface area (Å²) in [6.45, 7) is 2.85. The molecule has 9 heteroatoms. The van der Waals surface area contributed by atoms with Crippen LogP contribution in [-0.4, -0.2) is 77.7 Å². The van der Waals surface area contributed by atoms with Gasteiger partial charge in [-0.3, -0.25) is 18.9 Å². The molecule has 213 valence electrons. The molecule has 1 N–H and O–H groups in total. The third kappa shape index (κ3) is 6.14. The topological polar surface area (TPSA) is 103 Å². The number of ether oxygens (including phenoxy) is 1. The molecule has 0 amide bonds. The van der Waals surface area contributed by atoms with Gasteiger partial charge >= 0.3 is 5.76 Å². The SMILES string of the molecule is CCCCc1nc(C2CC2)n(-c2ccc3c(c2)CCO3)c(=O)c1Cc1ccc(-c2ccccc2-c2noc(=O)[nH]2)cc1.[K]. The maximum atomic E-state index is 14.3. The van der Waals surface area contributed by atoms with E-state index in [2.05, 4.69) is 35.3 Å². The molecule has 0 unspecified atom stereocenters. The molecule has 0 bridgehead atoms. The zero-order valence-electron chi connectivity index (χ0n) is 24.6. The molecule has 43 heavy (non-hydrogen) atoms. The van der Waals surface area contributed by atoms with E-state index in [4.69, 9.17) is 14.2 Å². The Bertz CT molecular complexity index is 1890. The van der Waals surface area contributed by atoms with Gasteiger partial charge in [0.1, 0.15) is 11.6 Å². The van der Waals surface area contributed by atoms with Crippen LogP contribution < -0.4 is 16.1 Å². The van der Waals surface area contributed by atoms with Crippen LogP contribution in [0.1, 0.15) is 66.7 Å². The summed E-state index contributed by atoms with van der Waals surface area (Å²) in [5.41, 5.74) is 7.45. The minimum absolute atomic E-state index is 0. The van der Waals surface area contributed by atoms with Crippen LogP contribution in [0.2, 0.25) is 0 Å². The number of unbranched alkanes of at least 4 members (excludes halogenated alkanes) is 1. The maximum absolute atomic E-state index is 14.3. The first-order chi connectivity index (χ1) is 20.6. The summed E-state index contributed by atoms with van der Waals surface area (Å²) in [5.74, 6) is 1.93. The fraction of sp³-hybridized carbons (Fsp3) is 0.294. The zero-order chi connectivity index (χ0) is 28.6. The molecule has 1 saturated carbocycles. The number of aryl methyl sites for hydroxylation is 1. The number of aromatic nitrogens is 4. The van der Waals surface area contributed by atoms with Crippen molar-refractivity contribution in [1.82, 2.24) is 19.7 Å². The summed E-state index contributed by atoms with van der Waals surface area (Å²) in [7, 11) is 0. The average molecular weight is 600 g/mol. The smallest absolute Gasteiger partial charge is 0.439 e. The Morgan fingerprint density at radius 1 is 1.00 bits per heavy atom. The summed E-state index contributed by atoms with van der Waals surface area (Å²) in [5, 5.41) is 3.87. The van der Waals surface area contributed by atoms with E-state index in [1.807, 2.05) is 53.1 Å². The monoisotopic (exact) mass is 599 g/mol. The Balaban J connectivity index is 0.00000329. The van der Waals surface area contributed by atoms with Crippen LogP contribution >= 0.6 is 0 Å². The number of aromatic amines is 1. The summed E-state index contributed by atoms with van der Waals surface area (Å²) in [6, 6.07) is 22.0. The van der Waals surface area contributed by atoms with Gasteiger partial charge in [-0.05, 0) is 66.1 Å². The second-order valence-corrected chi connectivity index (χ2v) is 11.2. The van der Waals surface area contributed by atoms with Gasteiger partial charge in [0.2, 0.25) is 0 Å². The summed E-state index contributed by atoms with van der Waals surface area (Å²) in [4.78, 5) is 33.7. The molecule has 0 saturated heterocycles. The predicted molar refractivity (Wildman–Crippen MR) is 166 cm³/mol. The second-order valence-electron chi connectivity index (χ2n) is 11.2. The predicted octanol–water partition coefficient (Wildman–Crippen LogP) is 5.61. The van der Waals surface area contributed by atoms with Crippen LogP contribution in [0.4, 0.5) is 0 Å². The van der Waals surface area contributed by atoms with Crippen LogP contribution in [0.25, 0.3) is 28.2 Å². The summed E-state index contributed by atoms with van der Waals surface area (Å²) < 4.78 is 12.3. The number of H-pyrrole nitrogens is 1.